The summed E-state index contributed by atoms with van der Waals surface area (Å²) in [6.07, 6.45) is 1.65. The number of rotatable bonds is 11. The van der Waals surface area contributed by atoms with Crippen LogP contribution in [0.15, 0.2) is 95.6 Å². The number of ether oxygens (including phenoxy) is 1. The summed E-state index contributed by atoms with van der Waals surface area (Å²) in [5.41, 5.74) is 5.05. The molecule has 0 radical (unpaired) electrons. The maximum Gasteiger partial charge on any atom is 0.230 e. The Labute approximate surface area is 198 Å². The first kappa shape index (κ1) is 22.8. The smallest absolute Gasteiger partial charge is 0.230 e. The number of oxazole rings is 1. The van der Waals surface area contributed by atoms with Crippen molar-refractivity contribution in [1.29, 1.82) is 0 Å². The van der Waals surface area contributed by atoms with Crippen molar-refractivity contribution in [3.05, 3.63) is 114 Å². The van der Waals surface area contributed by atoms with Crippen molar-refractivity contribution in [2.24, 2.45) is 0 Å². The zero-order valence-electron chi connectivity index (χ0n) is 18.3. The number of amides is 1. The molecule has 4 rings (SSSR count). The topological polar surface area (TPSA) is 64.4 Å². The fraction of sp³-hybridized carbons (Fsp3) is 0.185. The average Bonchev–Trinajstić information content (AvgIpc) is 3.34. The van der Waals surface area contributed by atoms with Gasteiger partial charge in [-0.25, -0.2) is 4.98 Å². The molecule has 4 aromatic rings. The van der Waals surface area contributed by atoms with Crippen LogP contribution in [0.2, 0.25) is 0 Å². The van der Waals surface area contributed by atoms with E-state index in [-0.39, 0.29) is 5.91 Å². The molecule has 5 nitrogen and oxygen atoms in total. The van der Waals surface area contributed by atoms with E-state index in [1.54, 1.807) is 6.26 Å². The zero-order valence-corrected chi connectivity index (χ0v) is 19.1. The lowest BCUT2D eigenvalue weighted by Gasteiger charge is -2.11. The quantitative estimate of drug-likeness (QED) is 0.317. The van der Waals surface area contributed by atoms with E-state index < -0.39 is 0 Å². The highest BCUT2D eigenvalue weighted by molar-refractivity contribution is 7.99. The third-order valence-corrected chi connectivity index (χ3v) is 5.99. The van der Waals surface area contributed by atoms with Crippen molar-refractivity contribution in [2.75, 3.05) is 5.75 Å². The predicted molar refractivity (Wildman–Crippen MR) is 131 cm³/mol. The largest absolute Gasteiger partial charge is 0.444 e. The first-order chi connectivity index (χ1) is 16.3. The van der Waals surface area contributed by atoms with E-state index in [2.05, 4.69) is 10.3 Å². The van der Waals surface area contributed by atoms with Gasteiger partial charge in [-0.3, -0.25) is 4.79 Å². The lowest BCUT2D eigenvalue weighted by molar-refractivity contribution is -0.118. The van der Waals surface area contributed by atoms with Gasteiger partial charge in [0, 0.05) is 17.9 Å². The Morgan fingerprint density at radius 3 is 2.36 bits per heavy atom. The van der Waals surface area contributed by atoms with E-state index in [9.17, 15) is 4.79 Å². The summed E-state index contributed by atoms with van der Waals surface area (Å²) >= 11 is 1.51. The molecular weight excluding hydrogens is 432 g/mol. The summed E-state index contributed by atoms with van der Waals surface area (Å²) in [7, 11) is 0. The van der Waals surface area contributed by atoms with Crippen LogP contribution in [-0.2, 0) is 35.0 Å². The number of carbonyl (C=O) groups excluding carboxylic acids is 1. The second-order valence-electron chi connectivity index (χ2n) is 7.53. The summed E-state index contributed by atoms with van der Waals surface area (Å²) in [5, 5.41) is 3.01. The lowest BCUT2D eigenvalue weighted by Crippen LogP contribution is -2.25. The van der Waals surface area contributed by atoms with Gasteiger partial charge in [0.1, 0.15) is 6.26 Å². The van der Waals surface area contributed by atoms with Crippen molar-refractivity contribution < 1.29 is 13.9 Å². The highest BCUT2D eigenvalue weighted by atomic mass is 32.2. The van der Waals surface area contributed by atoms with E-state index >= 15 is 0 Å². The molecule has 0 spiro atoms. The van der Waals surface area contributed by atoms with E-state index in [1.165, 1.54) is 11.8 Å². The van der Waals surface area contributed by atoms with E-state index in [0.717, 1.165) is 27.9 Å². The Morgan fingerprint density at radius 1 is 0.879 bits per heavy atom. The van der Waals surface area contributed by atoms with Crippen LogP contribution < -0.4 is 5.32 Å². The van der Waals surface area contributed by atoms with Crippen molar-refractivity contribution in [1.82, 2.24) is 10.3 Å². The summed E-state index contributed by atoms with van der Waals surface area (Å²) in [5.74, 6) is 1.57. The van der Waals surface area contributed by atoms with Crippen LogP contribution in [-0.4, -0.2) is 16.6 Å². The van der Waals surface area contributed by atoms with Crippen molar-refractivity contribution in [3.8, 4) is 11.5 Å². The number of nitrogens with zero attached hydrogens (tertiary/aromatic N) is 1. The summed E-state index contributed by atoms with van der Waals surface area (Å²) in [6.45, 7) is 1.55. The highest BCUT2D eigenvalue weighted by Crippen LogP contribution is 2.20. The van der Waals surface area contributed by atoms with Gasteiger partial charge in [-0.15, -0.1) is 11.8 Å². The average molecular weight is 459 g/mol. The zero-order chi connectivity index (χ0) is 22.7. The van der Waals surface area contributed by atoms with Crippen molar-refractivity contribution in [2.45, 2.75) is 25.5 Å². The Hall–Kier alpha value is -3.35. The summed E-state index contributed by atoms with van der Waals surface area (Å²) < 4.78 is 11.4. The molecule has 0 aliphatic heterocycles. The summed E-state index contributed by atoms with van der Waals surface area (Å²) in [6, 6.07) is 27.9. The van der Waals surface area contributed by atoms with Gasteiger partial charge in [0.25, 0.3) is 0 Å². The van der Waals surface area contributed by atoms with Crippen LogP contribution in [0.3, 0.4) is 0 Å². The molecule has 0 aliphatic carbocycles. The van der Waals surface area contributed by atoms with Gasteiger partial charge in [-0.2, -0.15) is 0 Å². The molecular formula is C27H26N2O3S. The molecule has 0 atom stereocenters. The van der Waals surface area contributed by atoms with E-state index in [1.807, 2.05) is 84.9 Å². The maximum absolute atomic E-state index is 12.3. The third-order valence-electron chi connectivity index (χ3n) is 5.02. The molecule has 0 bridgehead atoms. The molecule has 0 saturated carbocycles. The molecule has 33 heavy (non-hydrogen) atoms. The Bertz CT molecular complexity index is 1150. The maximum atomic E-state index is 12.3. The monoisotopic (exact) mass is 458 g/mol. The minimum Gasteiger partial charge on any atom is -0.444 e. The normalized spacial score (nSPS) is 10.8. The first-order valence-corrected chi connectivity index (χ1v) is 12.0. The molecule has 168 valence electrons. The molecule has 6 heteroatoms. The van der Waals surface area contributed by atoms with Crippen LogP contribution >= 0.6 is 11.8 Å². The molecule has 0 saturated heterocycles. The Balaban J connectivity index is 1.20. The van der Waals surface area contributed by atoms with Gasteiger partial charge in [0.15, 0.2) is 0 Å². The van der Waals surface area contributed by atoms with Crippen LogP contribution in [0.1, 0.15) is 22.4 Å². The minimum absolute atomic E-state index is 0.00761. The van der Waals surface area contributed by atoms with E-state index in [0.29, 0.717) is 37.2 Å². The highest BCUT2D eigenvalue weighted by Gasteiger charge is 2.09. The molecule has 1 heterocycles. The van der Waals surface area contributed by atoms with Crippen molar-refractivity contribution in [3.63, 3.8) is 0 Å². The second kappa shape index (κ2) is 12.0. The number of hydrogen-bond donors (Lipinski definition) is 1. The van der Waals surface area contributed by atoms with Crippen LogP contribution in [0, 0.1) is 0 Å². The Morgan fingerprint density at radius 2 is 1.58 bits per heavy atom. The van der Waals surface area contributed by atoms with Gasteiger partial charge >= 0.3 is 0 Å². The summed E-state index contributed by atoms with van der Waals surface area (Å²) in [4.78, 5) is 16.8. The molecule has 1 N–H and O–H groups in total. The van der Waals surface area contributed by atoms with Crippen LogP contribution in [0.25, 0.3) is 11.5 Å². The first-order valence-electron chi connectivity index (χ1n) is 10.8. The van der Waals surface area contributed by atoms with Gasteiger partial charge in [0.2, 0.25) is 11.8 Å². The standard InChI is InChI=1S/C27H26N2O3S/c30-26(20-33-19-25-18-32-27(29-25)22-11-5-2-6-12-22)28-15-23-13-7-8-14-24(23)17-31-16-21-9-3-1-4-10-21/h1-14,18H,15-17,19-20H2,(H,28,30). The number of aromatic nitrogens is 1. The molecule has 1 aromatic heterocycles. The second-order valence-corrected chi connectivity index (χ2v) is 8.51. The fourth-order valence-corrected chi connectivity index (χ4v) is 4.03. The predicted octanol–water partition coefficient (Wildman–Crippen LogP) is 5.61. The van der Waals surface area contributed by atoms with Gasteiger partial charge in [-0.1, -0.05) is 72.8 Å². The number of nitrogens with one attached hydrogen (secondary N) is 1. The molecule has 0 fully saturated rings. The molecule has 0 unspecified atom stereocenters. The van der Waals surface area contributed by atoms with Gasteiger partial charge in [-0.05, 0) is 28.8 Å². The Kier molecular flexibility index (Phi) is 8.33. The van der Waals surface area contributed by atoms with Gasteiger partial charge < -0.3 is 14.5 Å². The minimum atomic E-state index is -0.00761. The van der Waals surface area contributed by atoms with Crippen LogP contribution in [0.5, 0.6) is 0 Å². The SMILES string of the molecule is O=C(CSCc1coc(-c2ccccc2)n1)NCc1ccccc1COCc1ccccc1. The lowest BCUT2D eigenvalue weighted by atomic mass is 10.1. The fourth-order valence-electron chi connectivity index (χ4n) is 3.30. The van der Waals surface area contributed by atoms with Crippen molar-refractivity contribution >= 4 is 17.7 Å². The van der Waals surface area contributed by atoms with E-state index in [4.69, 9.17) is 9.15 Å². The third kappa shape index (κ3) is 7.07. The molecule has 3 aromatic carbocycles. The number of carbonyl (C=O) groups is 1. The molecule has 1 amide bonds. The number of hydrogen-bond acceptors (Lipinski definition) is 5. The molecule has 0 aliphatic rings. The van der Waals surface area contributed by atoms with Crippen LogP contribution in [0.4, 0.5) is 0 Å². The number of thioether (sulfide) groups is 1. The number of benzene rings is 3. The van der Waals surface area contributed by atoms with Gasteiger partial charge in [0.05, 0.1) is 24.7 Å².